The molecule has 0 saturated carbocycles. The van der Waals surface area contributed by atoms with Crippen LogP contribution in [0.4, 0.5) is 0 Å². The number of benzene rings is 1. The van der Waals surface area contributed by atoms with E-state index in [4.69, 9.17) is 4.74 Å². The molecule has 1 atom stereocenters. The van der Waals surface area contributed by atoms with Gasteiger partial charge in [-0.3, -0.25) is 0 Å². The molecule has 1 aromatic heterocycles. The molecule has 5 heteroatoms. The summed E-state index contributed by atoms with van der Waals surface area (Å²) in [5.74, 6) is -0.401. The Balaban J connectivity index is 2.43. The topological polar surface area (TPSA) is 44.1 Å². The molecule has 0 saturated heterocycles. The quantitative estimate of drug-likeness (QED) is 0.819. The highest BCUT2D eigenvalue weighted by Crippen LogP contribution is 2.24. The second-order valence-corrected chi connectivity index (χ2v) is 4.62. The van der Waals surface area contributed by atoms with Gasteiger partial charge in [-0.05, 0) is 28.4 Å². The number of hydrogen-bond donors (Lipinski definition) is 0. The molecule has 0 aliphatic heterocycles. The molecule has 18 heavy (non-hydrogen) atoms. The fraction of sp³-hybridized carbons (Fsp3) is 0.231. The first-order valence-electron chi connectivity index (χ1n) is 5.50. The van der Waals surface area contributed by atoms with Gasteiger partial charge in [0.15, 0.2) is 5.69 Å². The van der Waals surface area contributed by atoms with E-state index < -0.39 is 5.97 Å². The van der Waals surface area contributed by atoms with Crippen LogP contribution in [-0.2, 0) is 4.74 Å². The Morgan fingerprint density at radius 2 is 2.06 bits per heavy atom. The van der Waals surface area contributed by atoms with E-state index in [1.165, 1.54) is 7.11 Å². The lowest BCUT2D eigenvalue weighted by Crippen LogP contribution is -2.14. The van der Waals surface area contributed by atoms with Crippen molar-refractivity contribution in [1.82, 2.24) is 9.55 Å². The lowest BCUT2D eigenvalue weighted by molar-refractivity contribution is 0.0586. The number of ether oxygens (including phenoxy) is 1. The number of methoxy groups -OCH3 is 1. The van der Waals surface area contributed by atoms with E-state index in [9.17, 15) is 4.79 Å². The van der Waals surface area contributed by atoms with Gasteiger partial charge in [-0.15, -0.1) is 0 Å². The molecule has 0 radical (unpaired) electrons. The van der Waals surface area contributed by atoms with Gasteiger partial charge in [0.2, 0.25) is 0 Å². The number of imidazole rings is 1. The van der Waals surface area contributed by atoms with Crippen LogP contribution >= 0.6 is 15.9 Å². The van der Waals surface area contributed by atoms with Gasteiger partial charge < -0.3 is 9.30 Å². The molecule has 0 bridgehead atoms. The third-order valence-corrected chi connectivity index (χ3v) is 3.41. The van der Waals surface area contributed by atoms with Gasteiger partial charge in [0.25, 0.3) is 0 Å². The first-order chi connectivity index (χ1) is 8.65. The SMILES string of the molecule is COC(=O)c1c(Br)ncn1C(C)c1ccccc1. The van der Waals surface area contributed by atoms with E-state index in [1.54, 1.807) is 10.9 Å². The number of aromatic nitrogens is 2. The van der Waals surface area contributed by atoms with E-state index >= 15 is 0 Å². The van der Waals surface area contributed by atoms with Crippen LogP contribution in [0.25, 0.3) is 0 Å². The van der Waals surface area contributed by atoms with Crippen LogP contribution < -0.4 is 0 Å². The Morgan fingerprint density at radius 3 is 2.67 bits per heavy atom. The molecular formula is C13H13BrN2O2. The minimum Gasteiger partial charge on any atom is -0.464 e. The van der Waals surface area contributed by atoms with E-state index in [-0.39, 0.29) is 6.04 Å². The Labute approximate surface area is 114 Å². The minimum absolute atomic E-state index is 0.0131. The van der Waals surface area contributed by atoms with Crippen molar-refractivity contribution in [2.45, 2.75) is 13.0 Å². The highest BCUT2D eigenvalue weighted by Gasteiger charge is 2.21. The number of carbonyl (C=O) groups is 1. The number of carbonyl (C=O) groups excluding carboxylic acids is 1. The molecule has 2 rings (SSSR count). The highest BCUT2D eigenvalue weighted by atomic mass is 79.9. The molecule has 2 aromatic rings. The normalized spacial score (nSPS) is 12.2. The Morgan fingerprint density at radius 1 is 1.39 bits per heavy atom. The van der Waals surface area contributed by atoms with Crippen LogP contribution in [-0.4, -0.2) is 22.6 Å². The van der Waals surface area contributed by atoms with Crippen LogP contribution in [0.5, 0.6) is 0 Å². The zero-order valence-corrected chi connectivity index (χ0v) is 11.7. The first-order valence-corrected chi connectivity index (χ1v) is 6.30. The maximum absolute atomic E-state index is 11.7. The second kappa shape index (κ2) is 5.35. The molecule has 0 N–H and O–H groups in total. The van der Waals surface area contributed by atoms with E-state index in [0.29, 0.717) is 10.3 Å². The number of esters is 1. The van der Waals surface area contributed by atoms with Crippen molar-refractivity contribution >= 4 is 21.9 Å². The summed E-state index contributed by atoms with van der Waals surface area (Å²) in [5, 5.41) is 0. The van der Waals surface area contributed by atoms with Gasteiger partial charge >= 0.3 is 5.97 Å². The summed E-state index contributed by atoms with van der Waals surface area (Å²) in [6.07, 6.45) is 1.63. The Kier molecular flexibility index (Phi) is 3.81. The number of halogens is 1. The molecule has 1 unspecified atom stereocenters. The van der Waals surface area contributed by atoms with Gasteiger partial charge in [0.05, 0.1) is 19.5 Å². The summed E-state index contributed by atoms with van der Waals surface area (Å²) in [4.78, 5) is 15.8. The number of rotatable bonds is 3. The average Bonchev–Trinajstić information content (AvgIpc) is 2.80. The molecular weight excluding hydrogens is 296 g/mol. The van der Waals surface area contributed by atoms with Crippen molar-refractivity contribution in [2.24, 2.45) is 0 Å². The maximum atomic E-state index is 11.7. The third-order valence-electron chi connectivity index (χ3n) is 2.83. The molecule has 0 aliphatic rings. The first kappa shape index (κ1) is 12.8. The predicted molar refractivity (Wildman–Crippen MR) is 71.5 cm³/mol. The molecule has 94 valence electrons. The van der Waals surface area contributed by atoms with Gasteiger partial charge in [-0.25, -0.2) is 9.78 Å². The molecule has 0 aliphatic carbocycles. The maximum Gasteiger partial charge on any atom is 0.357 e. The van der Waals surface area contributed by atoms with Crippen molar-refractivity contribution in [2.75, 3.05) is 7.11 Å². The van der Waals surface area contributed by atoms with Crippen molar-refractivity contribution in [1.29, 1.82) is 0 Å². The fourth-order valence-electron chi connectivity index (χ4n) is 1.81. The zero-order valence-electron chi connectivity index (χ0n) is 10.1. The zero-order chi connectivity index (χ0) is 13.1. The fourth-order valence-corrected chi connectivity index (χ4v) is 2.27. The van der Waals surface area contributed by atoms with E-state index in [1.807, 2.05) is 37.3 Å². The smallest absolute Gasteiger partial charge is 0.357 e. The molecule has 0 fully saturated rings. The van der Waals surface area contributed by atoms with Crippen LogP contribution in [0.15, 0.2) is 41.3 Å². The van der Waals surface area contributed by atoms with Crippen LogP contribution in [0, 0.1) is 0 Å². The summed E-state index contributed by atoms with van der Waals surface area (Å²) in [6.45, 7) is 2.01. The second-order valence-electron chi connectivity index (χ2n) is 3.87. The van der Waals surface area contributed by atoms with Crippen LogP contribution in [0.3, 0.4) is 0 Å². The van der Waals surface area contributed by atoms with Gasteiger partial charge in [-0.1, -0.05) is 30.3 Å². The van der Waals surface area contributed by atoms with Crippen LogP contribution in [0.1, 0.15) is 29.0 Å². The van der Waals surface area contributed by atoms with E-state index in [0.717, 1.165) is 5.56 Å². The van der Waals surface area contributed by atoms with Crippen molar-refractivity contribution in [3.63, 3.8) is 0 Å². The van der Waals surface area contributed by atoms with E-state index in [2.05, 4.69) is 20.9 Å². The lowest BCUT2D eigenvalue weighted by atomic mass is 10.1. The van der Waals surface area contributed by atoms with Gasteiger partial charge in [0.1, 0.15) is 4.60 Å². The molecule has 0 amide bonds. The summed E-state index contributed by atoms with van der Waals surface area (Å²) in [6, 6.07) is 9.94. The lowest BCUT2D eigenvalue weighted by Gasteiger charge is -2.16. The van der Waals surface area contributed by atoms with Crippen LogP contribution in [0.2, 0.25) is 0 Å². The summed E-state index contributed by atoms with van der Waals surface area (Å²) in [5.41, 5.74) is 1.53. The monoisotopic (exact) mass is 308 g/mol. The molecule has 1 heterocycles. The third kappa shape index (κ3) is 2.31. The summed E-state index contributed by atoms with van der Waals surface area (Å²) < 4.78 is 7.07. The van der Waals surface area contributed by atoms with Gasteiger partial charge in [-0.2, -0.15) is 0 Å². The summed E-state index contributed by atoms with van der Waals surface area (Å²) in [7, 11) is 1.36. The minimum atomic E-state index is -0.401. The van der Waals surface area contributed by atoms with Crippen molar-refractivity contribution < 1.29 is 9.53 Å². The number of hydrogen-bond acceptors (Lipinski definition) is 3. The Hall–Kier alpha value is -1.62. The largest absolute Gasteiger partial charge is 0.464 e. The number of nitrogens with zero attached hydrogens (tertiary/aromatic N) is 2. The summed E-state index contributed by atoms with van der Waals surface area (Å²) >= 11 is 3.27. The van der Waals surface area contributed by atoms with Crippen molar-refractivity contribution in [3.8, 4) is 0 Å². The average molecular weight is 309 g/mol. The highest BCUT2D eigenvalue weighted by molar-refractivity contribution is 9.10. The molecule has 1 aromatic carbocycles. The van der Waals surface area contributed by atoms with Gasteiger partial charge in [0, 0.05) is 0 Å². The standard InChI is InChI=1S/C13H13BrN2O2/c1-9(10-6-4-3-5-7-10)16-8-15-12(14)11(16)13(17)18-2/h3-9H,1-2H3. The molecule has 4 nitrogen and oxygen atoms in total. The Bertz CT molecular complexity index is 551. The predicted octanol–water partition coefficient (Wildman–Crippen LogP) is 3.04. The van der Waals surface area contributed by atoms with Crippen molar-refractivity contribution in [3.05, 3.63) is 52.5 Å². The molecule has 0 spiro atoms.